The first kappa shape index (κ1) is 42.0. The van der Waals surface area contributed by atoms with Crippen LogP contribution in [0.1, 0.15) is 27.8 Å². The molecule has 5 aromatic rings. The molecule has 0 radical (unpaired) electrons. The van der Waals surface area contributed by atoms with E-state index in [4.69, 9.17) is 42.6 Å². The van der Waals surface area contributed by atoms with E-state index < -0.39 is 29.8 Å². The normalized spacial score (nSPS) is 20.2. The van der Waals surface area contributed by atoms with Gasteiger partial charge in [-0.15, -0.1) is 0 Å². The lowest BCUT2D eigenvalue weighted by molar-refractivity contribution is -0.418. The molecule has 0 amide bonds. The Kier molecular flexibility index (Phi) is 15.6. The molecule has 1 saturated heterocycles. The van der Waals surface area contributed by atoms with Gasteiger partial charge in [0.1, 0.15) is 36.0 Å². The van der Waals surface area contributed by atoms with Crippen LogP contribution < -0.4 is 14.8 Å². The van der Waals surface area contributed by atoms with Gasteiger partial charge in [-0.25, -0.2) is 5.32 Å². The first-order valence-electron chi connectivity index (χ1n) is 19.0. The van der Waals surface area contributed by atoms with E-state index in [0.29, 0.717) is 0 Å². The highest BCUT2D eigenvalue weighted by Gasteiger charge is 2.63. The van der Waals surface area contributed by atoms with Gasteiger partial charge in [-0.05, 0) is 52.1 Å². The Labute approximate surface area is 335 Å². The van der Waals surface area contributed by atoms with Crippen LogP contribution in [0.25, 0.3) is 0 Å². The maximum atomic E-state index is 12.8. The molecule has 0 saturated carbocycles. The molecular weight excluding hydrogens is 727 g/mol. The molecule has 302 valence electrons. The molecule has 11 heteroatoms. The second kappa shape index (κ2) is 21.2. The molecule has 11 nitrogen and oxygen atoms in total. The zero-order valence-electron chi connectivity index (χ0n) is 32.8. The maximum Gasteiger partial charge on any atom is 0.257 e. The van der Waals surface area contributed by atoms with Crippen LogP contribution in [-0.2, 0) is 66.2 Å². The average molecular weight is 780 g/mol. The third kappa shape index (κ3) is 11.7. The largest absolute Gasteiger partial charge is 0.497 e. The second-order valence-corrected chi connectivity index (χ2v) is 13.9. The fraction of sp³-hybridized carbons (Fsp3) is 0.348. The SMILES string of the molecule is COCNC1(O)OC(COCc2ccc(OC)cc2)(COCc2ccc(OC)cc2)[C@@H](OCc2ccccc2)[C@H](OCc2ccccc2)[C@H]1OCc1ccccc1. The van der Waals surface area contributed by atoms with Crippen LogP contribution in [-0.4, -0.2) is 76.2 Å². The van der Waals surface area contributed by atoms with Crippen LogP contribution in [0.15, 0.2) is 140 Å². The summed E-state index contributed by atoms with van der Waals surface area (Å²) < 4.78 is 56.6. The molecule has 0 aromatic heterocycles. The number of methoxy groups -OCH3 is 3. The number of aliphatic hydroxyl groups is 1. The van der Waals surface area contributed by atoms with Crippen LogP contribution in [0, 0.1) is 0 Å². The lowest BCUT2D eigenvalue weighted by atomic mass is 9.85. The minimum atomic E-state index is -2.17. The molecule has 0 bridgehead atoms. The highest BCUT2D eigenvalue weighted by molar-refractivity contribution is 5.28. The lowest BCUT2D eigenvalue weighted by Gasteiger charge is -2.55. The van der Waals surface area contributed by atoms with Crippen molar-refractivity contribution in [3.05, 3.63) is 167 Å². The Morgan fingerprint density at radius 1 is 0.509 bits per heavy atom. The number of nitrogens with one attached hydrogen (secondary N) is 1. The molecule has 57 heavy (non-hydrogen) atoms. The summed E-state index contributed by atoms with van der Waals surface area (Å²) in [5.41, 5.74) is 3.12. The number of rotatable bonds is 22. The highest BCUT2D eigenvalue weighted by atomic mass is 16.7. The van der Waals surface area contributed by atoms with Crippen molar-refractivity contribution >= 4 is 0 Å². The van der Waals surface area contributed by atoms with Gasteiger partial charge in [0.05, 0.1) is 60.5 Å². The summed E-state index contributed by atoms with van der Waals surface area (Å²) in [6.07, 6.45) is -2.97. The van der Waals surface area contributed by atoms with Gasteiger partial charge < -0.3 is 47.7 Å². The summed E-state index contributed by atoms with van der Waals surface area (Å²) in [7, 11) is 4.78. The molecule has 6 rings (SSSR count). The molecule has 1 unspecified atom stereocenters. The summed E-state index contributed by atoms with van der Waals surface area (Å²) in [6, 6.07) is 44.7. The van der Waals surface area contributed by atoms with Crippen LogP contribution in [0.5, 0.6) is 11.5 Å². The smallest absolute Gasteiger partial charge is 0.257 e. The topological polar surface area (TPSA) is 115 Å². The standard InChI is InChI=1S/C46H53NO10/c1-49-34-47-46(48)44(56-31-37-17-11-6-12-18-37)42(54-29-35-13-7-4-8-14-35)43(55-30-36-15-9-5-10-16-36)45(57-46,32-52-27-38-19-23-40(50-2)24-20-38)33-53-28-39-21-25-41(51-3)26-22-39/h4-26,42-44,47-48H,27-34H2,1-3H3/t42-,43-,44+,46?/m0/s1. The maximum absolute atomic E-state index is 12.8. The van der Waals surface area contributed by atoms with Crippen molar-refractivity contribution in [3.8, 4) is 11.5 Å². The summed E-state index contributed by atoms with van der Waals surface area (Å²) in [4.78, 5) is 0. The van der Waals surface area contributed by atoms with Gasteiger partial charge in [-0.3, -0.25) is 0 Å². The first-order chi connectivity index (χ1) is 27.9. The predicted octanol–water partition coefficient (Wildman–Crippen LogP) is 6.80. The van der Waals surface area contributed by atoms with Crippen LogP contribution in [0.4, 0.5) is 0 Å². The Bertz CT molecular complexity index is 1810. The Morgan fingerprint density at radius 2 is 0.912 bits per heavy atom. The van der Waals surface area contributed by atoms with E-state index in [0.717, 1.165) is 39.3 Å². The van der Waals surface area contributed by atoms with Crippen molar-refractivity contribution in [1.82, 2.24) is 5.32 Å². The van der Waals surface area contributed by atoms with E-state index in [2.05, 4.69) is 5.32 Å². The minimum Gasteiger partial charge on any atom is -0.497 e. The van der Waals surface area contributed by atoms with E-state index in [-0.39, 0.29) is 53.0 Å². The van der Waals surface area contributed by atoms with Gasteiger partial charge >= 0.3 is 0 Å². The molecule has 1 aliphatic heterocycles. The van der Waals surface area contributed by atoms with E-state index in [1.54, 1.807) is 14.2 Å². The molecule has 4 atom stereocenters. The fourth-order valence-electron chi connectivity index (χ4n) is 6.73. The quantitative estimate of drug-likeness (QED) is 0.0723. The highest BCUT2D eigenvalue weighted by Crippen LogP contribution is 2.41. The molecule has 2 N–H and O–H groups in total. The van der Waals surface area contributed by atoms with Gasteiger partial charge in [-0.1, -0.05) is 115 Å². The molecule has 1 aliphatic rings. The molecule has 0 aliphatic carbocycles. The fourth-order valence-corrected chi connectivity index (χ4v) is 6.73. The predicted molar refractivity (Wildman–Crippen MR) is 214 cm³/mol. The van der Waals surface area contributed by atoms with E-state index in [9.17, 15) is 5.11 Å². The molecule has 0 spiro atoms. The zero-order chi connectivity index (χ0) is 39.8. The lowest BCUT2D eigenvalue weighted by Crippen LogP contribution is -2.77. The van der Waals surface area contributed by atoms with Crippen molar-refractivity contribution in [2.45, 2.75) is 62.9 Å². The molecule has 5 aromatic carbocycles. The van der Waals surface area contributed by atoms with Gasteiger partial charge in [0, 0.05) is 7.11 Å². The van der Waals surface area contributed by atoms with Crippen LogP contribution in [0.3, 0.4) is 0 Å². The third-order valence-electron chi connectivity index (χ3n) is 9.71. The average Bonchev–Trinajstić information content (AvgIpc) is 3.26. The van der Waals surface area contributed by atoms with Crippen molar-refractivity contribution < 1.29 is 47.7 Å². The Morgan fingerprint density at radius 3 is 1.33 bits per heavy atom. The van der Waals surface area contributed by atoms with Crippen molar-refractivity contribution in [2.75, 3.05) is 41.3 Å². The summed E-state index contributed by atoms with van der Waals surface area (Å²) in [5, 5.41) is 15.8. The van der Waals surface area contributed by atoms with Gasteiger partial charge in [0.2, 0.25) is 0 Å². The Hall–Kier alpha value is -4.66. The van der Waals surface area contributed by atoms with Gasteiger partial charge in [0.15, 0.2) is 6.10 Å². The summed E-state index contributed by atoms with van der Waals surface area (Å²) in [6.45, 7) is 0.809. The van der Waals surface area contributed by atoms with E-state index in [1.165, 1.54) is 7.11 Å². The van der Waals surface area contributed by atoms with Crippen molar-refractivity contribution in [3.63, 3.8) is 0 Å². The monoisotopic (exact) mass is 779 g/mol. The molecule has 1 heterocycles. The summed E-state index contributed by atoms with van der Waals surface area (Å²) >= 11 is 0. The summed E-state index contributed by atoms with van der Waals surface area (Å²) in [5.74, 6) is -0.700. The molecule has 1 fully saturated rings. The Balaban J connectivity index is 1.41. The number of ether oxygens (including phenoxy) is 9. The van der Waals surface area contributed by atoms with Crippen LogP contribution in [0.2, 0.25) is 0 Å². The van der Waals surface area contributed by atoms with E-state index in [1.807, 2.05) is 140 Å². The second-order valence-electron chi connectivity index (χ2n) is 13.9. The number of benzene rings is 5. The van der Waals surface area contributed by atoms with Gasteiger partial charge in [0.25, 0.3) is 5.91 Å². The molecular formula is C46H53NO10. The number of hydrogen-bond acceptors (Lipinski definition) is 11. The minimum absolute atomic E-state index is 0.0608. The van der Waals surface area contributed by atoms with Crippen molar-refractivity contribution in [2.24, 2.45) is 0 Å². The van der Waals surface area contributed by atoms with E-state index >= 15 is 0 Å². The first-order valence-corrected chi connectivity index (χ1v) is 19.0. The number of hydrogen-bond donors (Lipinski definition) is 2. The van der Waals surface area contributed by atoms with Crippen LogP contribution >= 0.6 is 0 Å². The van der Waals surface area contributed by atoms with Gasteiger partial charge in [-0.2, -0.15) is 0 Å². The van der Waals surface area contributed by atoms with Crippen molar-refractivity contribution in [1.29, 1.82) is 0 Å². The third-order valence-corrected chi connectivity index (χ3v) is 9.71. The zero-order valence-corrected chi connectivity index (χ0v) is 32.8.